The Bertz CT molecular complexity index is 428. The molecule has 1 aromatic rings. The Kier molecular flexibility index (Phi) is 4.05. The predicted octanol–water partition coefficient (Wildman–Crippen LogP) is 0.356. The number of rotatable bonds is 3. The molecule has 6 heteroatoms. The van der Waals surface area contributed by atoms with Crippen LogP contribution in [0.3, 0.4) is 0 Å². The zero-order valence-electron chi connectivity index (χ0n) is 8.20. The monoisotopic (exact) mass is 274 g/mol. The number of esters is 1. The number of hydrogen-bond acceptors (Lipinski definition) is 4. The van der Waals surface area contributed by atoms with Gasteiger partial charge in [-0.15, -0.1) is 0 Å². The summed E-state index contributed by atoms with van der Waals surface area (Å²) in [5.74, 6) is -0.646. The van der Waals surface area contributed by atoms with E-state index in [0.29, 0.717) is 17.6 Å². The van der Waals surface area contributed by atoms with Crippen LogP contribution >= 0.6 is 15.9 Å². The molecule has 0 aliphatic carbocycles. The minimum atomic E-state index is -0.646. The molecule has 0 radical (unpaired) electrons. The van der Waals surface area contributed by atoms with Crippen LogP contribution < -0.4 is 11.3 Å². The largest absolute Gasteiger partial charge is 0.465 e. The fraction of sp³-hybridized carbons (Fsp3) is 0.333. The third kappa shape index (κ3) is 2.66. The number of hydrogen-bond donors (Lipinski definition) is 1. The summed E-state index contributed by atoms with van der Waals surface area (Å²) < 4.78 is 6.51. The third-order valence-electron chi connectivity index (χ3n) is 1.83. The number of ether oxygens (including phenoxy) is 1. The van der Waals surface area contributed by atoms with Crippen LogP contribution in [0.15, 0.2) is 21.5 Å². The highest BCUT2D eigenvalue weighted by Gasteiger charge is 2.13. The fourth-order valence-electron chi connectivity index (χ4n) is 1.16. The second-order valence-electron chi connectivity index (χ2n) is 2.85. The van der Waals surface area contributed by atoms with Crippen LogP contribution in [0, 0.1) is 0 Å². The highest BCUT2D eigenvalue weighted by molar-refractivity contribution is 9.10. The van der Waals surface area contributed by atoms with Gasteiger partial charge in [-0.3, -0.25) is 4.79 Å². The topological polar surface area (TPSA) is 74.3 Å². The quantitative estimate of drug-likeness (QED) is 0.808. The van der Waals surface area contributed by atoms with E-state index in [1.807, 2.05) is 0 Å². The summed E-state index contributed by atoms with van der Waals surface area (Å²) in [5.41, 5.74) is 4.95. The lowest BCUT2D eigenvalue weighted by Gasteiger charge is -2.06. The third-order valence-corrected chi connectivity index (χ3v) is 2.26. The van der Waals surface area contributed by atoms with E-state index < -0.39 is 11.5 Å². The van der Waals surface area contributed by atoms with Gasteiger partial charge in [-0.25, -0.2) is 4.79 Å². The van der Waals surface area contributed by atoms with Crippen LogP contribution in [0.1, 0.15) is 10.4 Å². The fourth-order valence-corrected chi connectivity index (χ4v) is 1.64. The van der Waals surface area contributed by atoms with Gasteiger partial charge in [0.25, 0.3) is 5.56 Å². The van der Waals surface area contributed by atoms with E-state index in [1.165, 1.54) is 17.7 Å². The summed E-state index contributed by atoms with van der Waals surface area (Å²) in [6.07, 6.45) is 1.58. The first-order valence-electron chi connectivity index (χ1n) is 4.28. The zero-order valence-corrected chi connectivity index (χ0v) is 9.78. The van der Waals surface area contributed by atoms with Crippen molar-refractivity contribution in [2.45, 2.75) is 6.54 Å². The maximum Gasteiger partial charge on any atom is 0.343 e. The van der Waals surface area contributed by atoms with E-state index in [1.54, 1.807) is 6.20 Å². The van der Waals surface area contributed by atoms with Crippen LogP contribution in [0.2, 0.25) is 0 Å². The zero-order chi connectivity index (χ0) is 11.4. The molecule has 0 aliphatic rings. The lowest BCUT2D eigenvalue weighted by molar-refractivity contribution is 0.0598. The summed E-state index contributed by atoms with van der Waals surface area (Å²) >= 11 is 3.21. The Labute approximate surface area is 95.0 Å². The van der Waals surface area contributed by atoms with Crippen LogP contribution in [0.25, 0.3) is 0 Å². The molecule has 0 unspecified atom stereocenters. The van der Waals surface area contributed by atoms with Gasteiger partial charge in [0.05, 0.1) is 7.11 Å². The summed E-state index contributed by atoms with van der Waals surface area (Å²) in [6.45, 7) is 0.694. The van der Waals surface area contributed by atoms with Crippen molar-refractivity contribution in [2.24, 2.45) is 5.73 Å². The highest BCUT2D eigenvalue weighted by Crippen LogP contribution is 2.09. The summed E-state index contributed by atoms with van der Waals surface area (Å²) in [7, 11) is 1.23. The van der Waals surface area contributed by atoms with Gasteiger partial charge >= 0.3 is 5.97 Å². The summed E-state index contributed by atoms with van der Waals surface area (Å²) in [4.78, 5) is 23.0. The number of halogens is 1. The van der Waals surface area contributed by atoms with Crippen molar-refractivity contribution in [1.82, 2.24) is 4.57 Å². The van der Waals surface area contributed by atoms with E-state index >= 15 is 0 Å². The van der Waals surface area contributed by atoms with Crippen LogP contribution in [-0.4, -0.2) is 24.2 Å². The van der Waals surface area contributed by atoms with Gasteiger partial charge in [0, 0.05) is 23.8 Å². The predicted molar refractivity (Wildman–Crippen MR) is 58.8 cm³/mol. The van der Waals surface area contributed by atoms with Crippen LogP contribution in [0.4, 0.5) is 0 Å². The maximum atomic E-state index is 11.7. The van der Waals surface area contributed by atoms with Gasteiger partial charge in [0.2, 0.25) is 0 Å². The molecule has 0 aliphatic heterocycles. The second-order valence-corrected chi connectivity index (χ2v) is 3.77. The van der Waals surface area contributed by atoms with Crippen molar-refractivity contribution < 1.29 is 9.53 Å². The molecule has 0 amide bonds. The van der Waals surface area contributed by atoms with Gasteiger partial charge in [-0.05, 0) is 22.0 Å². The van der Waals surface area contributed by atoms with Gasteiger partial charge in [0.1, 0.15) is 5.56 Å². The molecule has 0 saturated carbocycles. The van der Waals surface area contributed by atoms with Gasteiger partial charge < -0.3 is 15.0 Å². The molecule has 1 aromatic heterocycles. The number of nitrogens with two attached hydrogens (primary N) is 1. The number of carbonyl (C=O) groups excluding carboxylic acids is 1. The first-order chi connectivity index (χ1) is 7.10. The van der Waals surface area contributed by atoms with Crippen molar-refractivity contribution >= 4 is 21.9 Å². The average molecular weight is 275 g/mol. The molecule has 0 bridgehead atoms. The normalized spacial score (nSPS) is 10.1. The number of aromatic nitrogens is 1. The van der Waals surface area contributed by atoms with Crippen LogP contribution in [0.5, 0.6) is 0 Å². The highest BCUT2D eigenvalue weighted by atomic mass is 79.9. The van der Waals surface area contributed by atoms with E-state index in [-0.39, 0.29) is 5.56 Å². The first-order valence-corrected chi connectivity index (χ1v) is 5.07. The van der Waals surface area contributed by atoms with E-state index in [0.717, 1.165) is 0 Å². The van der Waals surface area contributed by atoms with Gasteiger partial charge in [0.15, 0.2) is 0 Å². The molecule has 82 valence electrons. The molecule has 15 heavy (non-hydrogen) atoms. The van der Waals surface area contributed by atoms with Crippen molar-refractivity contribution in [3.8, 4) is 0 Å². The minimum absolute atomic E-state index is 0.000301. The Balaban J connectivity index is 3.28. The molecule has 0 aromatic carbocycles. The standard InChI is InChI=1S/C9H11BrN2O3/c1-15-9(14)7-4-6(10)5-12(3-2-11)8(7)13/h4-5H,2-3,11H2,1H3. The number of nitrogens with zero attached hydrogens (tertiary/aromatic N) is 1. The molecule has 0 saturated heterocycles. The lowest BCUT2D eigenvalue weighted by atomic mass is 10.3. The van der Waals surface area contributed by atoms with Crippen molar-refractivity contribution in [2.75, 3.05) is 13.7 Å². The second kappa shape index (κ2) is 5.09. The lowest BCUT2D eigenvalue weighted by Crippen LogP contribution is -2.28. The van der Waals surface area contributed by atoms with Crippen molar-refractivity contribution in [1.29, 1.82) is 0 Å². The average Bonchev–Trinajstić information content (AvgIpc) is 2.22. The van der Waals surface area contributed by atoms with Gasteiger partial charge in [-0.1, -0.05) is 0 Å². The Morgan fingerprint density at radius 2 is 2.33 bits per heavy atom. The minimum Gasteiger partial charge on any atom is -0.465 e. The molecule has 0 fully saturated rings. The Morgan fingerprint density at radius 1 is 1.67 bits per heavy atom. The maximum absolute atomic E-state index is 11.7. The molecule has 1 rings (SSSR count). The molecule has 0 atom stereocenters. The SMILES string of the molecule is COC(=O)c1cc(Br)cn(CCN)c1=O. The van der Waals surface area contributed by atoms with Crippen LogP contribution in [-0.2, 0) is 11.3 Å². The molecule has 2 N–H and O–H groups in total. The van der Waals surface area contributed by atoms with Crippen molar-refractivity contribution in [3.63, 3.8) is 0 Å². The van der Waals surface area contributed by atoms with Gasteiger partial charge in [-0.2, -0.15) is 0 Å². The molecular weight excluding hydrogens is 264 g/mol. The number of pyridine rings is 1. The Hall–Kier alpha value is -1.14. The van der Waals surface area contributed by atoms with E-state index in [9.17, 15) is 9.59 Å². The van der Waals surface area contributed by atoms with E-state index in [4.69, 9.17) is 5.73 Å². The first kappa shape index (κ1) is 11.9. The molecule has 5 nitrogen and oxygen atoms in total. The van der Waals surface area contributed by atoms with E-state index in [2.05, 4.69) is 20.7 Å². The number of carbonyl (C=O) groups is 1. The molecule has 1 heterocycles. The van der Waals surface area contributed by atoms with Crippen molar-refractivity contribution in [3.05, 3.63) is 32.7 Å². The smallest absolute Gasteiger partial charge is 0.343 e. The Morgan fingerprint density at radius 3 is 2.87 bits per heavy atom. The molecular formula is C9H11BrN2O3. The summed E-state index contributed by atoms with van der Waals surface area (Å²) in [5, 5.41) is 0. The molecule has 0 spiro atoms. The summed E-state index contributed by atoms with van der Waals surface area (Å²) in [6, 6.07) is 1.43. The number of methoxy groups -OCH3 is 1.